The van der Waals surface area contributed by atoms with Crippen molar-refractivity contribution in [1.82, 2.24) is 14.8 Å². The van der Waals surface area contributed by atoms with E-state index in [1.807, 2.05) is 47.5 Å². The molecule has 2 heterocycles. The number of carbonyl (C=O) groups is 1. The van der Waals surface area contributed by atoms with Crippen molar-refractivity contribution in [3.05, 3.63) is 71.7 Å². The maximum Gasteiger partial charge on any atom is 0.256 e. The van der Waals surface area contributed by atoms with E-state index in [-0.39, 0.29) is 11.7 Å². The molecule has 1 aliphatic heterocycles. The summed E-state index contributed by atoms with van der Waals surface area (Å²) < 4.78 is 13.0. The maximum atomic E-state index is 13.0. The van der Waals surface area contributed by atoms with Crippen LogP contribution in [-0.2, 0) is 6.42 Å². The molecule has 4 nitrogen and oxygen atoms in total. The number of rotatable bonds is 4. The van der Waals surface area contributed by atoms with Crippen LogP contribution < -0.4 is 0 Å². The van der Waals surface area contributed by atoms with E-state index in [9.17, 15) is 9.18 Å². The number of hydrogen-bond acceptors (Lipinski definition) is 2. The van der Waals surface area contributed by atoms with Gasteiger partial charge in [-0.3, -0.25) is 9.69 Å². The summed E-state index contributed by atoms with van der Waals surface area (Å²) in [7, 11) is 0. The minimum absolute atomic E-state index is 0.0978. The lowest BCUT2D eigenvalue weighted by Gasteiger charge is -2.34. The van der Waals surface area contributed by atoms with Crippen LogP contribution >= 0.6 is 0 Å². The Hall–Kier alpha value is -2.66. The Morgan fingerprint density at radius 2 is 1.73 bits per heavy atom. The van der Waals surface area contributed by atoms with E-state index in [2.05, 4.69) is 9.88 Å². The molecule has 0 atom stereocenters. The van der Waals surface area contributed by atoms with Gasteiger partial charge in [0.1, 0.15) is 5.82 Å². The van der Waals surface area contributed by atoms with E-state index in [1.165, 1.54) is 12.1 Å². The first kappa shape index (κ1) is 16.8. The highest BCUT2D eigenvalue weighted by Crippen LogP contribution is 2.20. The second-order valence-corrected chi connectivity index (χ2v) is 6.76. The Labute approximate surface area is 152 Å². The molecule has 1 saturated heterocycles. The van der Waals surface area contributed by atoms with E-state index in [4.69, 9.17) is 0 Å². The fourth-order valence-corrected chi connectivity index (χ4v) is 3.53. The van der Waals surface area contributed by atoms with Crippen molar-refractivity contribution in [3.8, 4) is 0 Å². The predicted molar refractivity (Wildman–Crippen MR) is 101 cm³/mol. The zero-order chi connectivity index (χ0) is 17.9. The van der Waals surface area contributed by atoms with Crippen LogP contribution in [0.5, 0.6) is 0 Å². The number of fused-ring (bicyclic) bond motifs is 1. The van der Waals surface area contributed by atoms with Crippen LogP contribution in [-0.4, -0.2) is 53.4 Å². The molecule has 5 heteroatoms. The lowest BCUT2D eigenvalue weighted by Crippen LogP contribution is -2.49. The van der Waals surface area contributed by atoms with Crippen molar-refractivity contribution in [2.75, 3.05) is 32.7 Å². The van der Waals surface area contributed by atoms with Gasteiger partial charge in [0.2, 0.25) is 0 Å². The third kappa shape index (κ3) is 3.48. The monoisotopic (exact) mass is 351 g/mol. The van der Waals surface area contributed by atoms with Gasteiger partial charge in [-0.25, -0.2) is 4.39 Å². The molecule has 0 aliphatic carbocycles. The average Bonchev–Trinajstić information content (AvgIpc) is 3.11. The molecule has 1 aromatic heterocycles. The third-order valence-corrected chi connectivity index (χ3v) is 5.11. The second kappa shape index (κ2) is 7.30. The third-order valence-electron chi connectivity index (χ3n) is 5.11. The normalized spacial score (nSPS) is 15.5. The molecule has 1 fully saturated rings. The van der Waals surface area contributed by atoms with Crippen molar-refractivity contribution in [1.29, 1.82) is 0 Å². The number of aromatic nitrogens is 1. The molecule has 1 aliphatic rings. The molecule has 26 heavy (non-hydrogen) atoms. The van der Waals surface area contributed by atoms with Crippen LogP contribution in [0.4, 0.5) is 4.39 Å². The molecule has 0 bridgehead atoms. The summed E-state index contributed by atoms with van der Waals surface area (Å²) in [4.78, 5) is 20.3. The number of H-pyrrole nitrogens is 1. The Balaban J connectivity index is 1.33. The highest BCUT2D eigenvalue weighted by molar-refractivity contribution is 6.06. The highest BCUT2D eigenvalue weighted by Gasteiger charge is 2.23. The number of halogens is 1. The summed E-state index contributed by atoms with van der Waals surface area (Å²) >= 11 is 0. The zero-order valence-electron chi connectivity index (χ0n) is 14.6. The van der Waals surface area contributed by atoms with Crippen molar-refractivity contribution >= 4 is 16.8 Å². The lowest BCUT2D eigenvalue weighted by molar-refractivity contribution is 0.0640. The van der Waals surface area contributed by atoms with E-state index < -0.39 is 0 Å². The molecule has 4 rings (SSSR count). The minimum Gasteiger partial charge on any atom is -0.360 e. The molecule has 2 aromatic carbocycles. The summed E-state index contributed by atoms with van der Waals surface area (Å²) in [6.07, 6.45) is 2.71. The second-order valence-electron chi connectivity index (χ2n) is 6.76. The number of benzene rings is 2. The number of nitrogens with zero attached hydrogens (tertiary/aromatic N) is 2. The smallest absolute Gasteiger partial charge is 0.256 e. The molecule has 0 spiro atoms. The summed E-state index contributed by atoms with van der Waals surface area (Å²) in [6.45, 7) is 4.15. The Morgan fingerprint density at radius 3 is 2.50 bits per heavy atom. The van der Waals surface area contributed by atoms with E-state index in [0.717, 1.165) is 61.2 Å². The lowest BCUT2D eigenvalue weighted by atomic mass is 10.1. The van der Waals surface area contributed by atoms with Gasteiger partial charge in [0.25, 0.3) is 5.91 Å². The van der Waals surface area contributed by atoms with Gasteiger partial charge in [0.05, 0.1) is 5.56 Å². The minimum atomic E-state index is -0.196. The zero-order valence-corrected chi connectivity index (χ0v) is 14.6. The molecule has 1 amide bonds. The van der Waals surface area contributed by atoms with E-state index in [1.54, 1.807) is 0 Å². The van der Waals surface area contributed by atoms with Crippen molar-refractivity contribution in [3.63, 3.8) is 0 Å². The molecular formula is C21H22FN3O. The van der Waals surface area contributed by atoms with Gasteiger partial charge in [0, 0.05) is 49.8 Å². The van der Waals surface area contributed by atoms with Crippen LogP contribution in [0.25, 0.3) is 10.9 Å². The predicted octanol–water partition coefficient (Wildman–Crippen LogP) is 3.31. The molecular weight excluding hydrogens is 329 g/mol. The Morgan fingerprint density at radius 1 is 1.00 bits per heavy atom. The van der Waals surface area contributed by atoms with Crippen molar-refractivity contribution in [2.24, 2.45) is 0 Å². The van der Waals surface area contributed by atoms with Crippen LogP contribution in [0.2, 0.25) is 0 Å². The number of hydrogen-bond donors (Lipinski definition) is 1. The van der Waals surface area contributed by atoms with Gasteiger partial charge >= 0.3 is 0 Å². The molecule has 0 unspecified atom stereocenters. The van der Waals surface area contributed by atoms with Crippen LogP contribution in [0.3, 0.4) is 0 Å². The quantitative estimate of drug-likeness (QED) is 0.783. The maximum absolute atomic E-state index is 13.0. The van der Waals surface area contributed by atoms with Gasteiger partial charge < -0.3 is 9.88 Å². The summed E-state index contributed by atoms with van der Waals surface area (Å²) in [6, 6.07) is 14.6. The average molecular weight is 351 g/mol. The van der Waals surface area contributed by atoms with Gasteiger partial charge in [-0.2, -0.15) is 0 Å². The Bertz CT molecular complexity index is 895. The Kier molecular flexibility index (Phi) is 4.71. The first-order valence-corrected chi connectivity index (χ1v) is 9.03. The largest absolute Gasteiger partial charge is 0.360 e. The molecule has 0 saturated carbocycles. The molecule has 3 aromatic rings. The molecule has 1 N–H and O–H groups in total. The number of carbonyl (C=O) groups excluding carboxylic acids is 1. The first-order valence-electron chi connectivity index (χ1n) is 9.03. The van der Waals surface area contributed by atoms with Crippen LogP contribution in [0, 0.1) is 5.82 Å². The summed E-state index contributed by atoms with van der Waals surface area (Å²) in [5.41, 5.74) is 2.89. The van der Waals surface area contributed by atoms with E-state index in [0.29, 0.717) is 0 Å². The number of aromatic amines is 1. The number of amides is 1. The topological polar surface area (TPSA) is 39.3 Å². The van der Waals surface area contributed by atoms with Gasteiger partial charge in [-0.05, 0) is 30.2 Å². The van der Waals surface area contributed by atoms with Gasteiger partial charge in [-0.15, -0.1) is 0 Å². The fraction of sp³-hybridized carbons (Fsp3) is 0.286. The van der Waals surface area contributed by atoms with Crippen LogP contribution in [0.15, 0.2) is 54.7 Å². The SMILES string of the molecule is O=C(c1c[nH]c2ccccc12)N1CCN(CCc2ccc(F)cc2)CC1. The first-order chi connectivity index (χ1) is 12.7. The van der Waals surface area contributed by atoms with Gasteiger partial charge in [0.15, 0.2) is 0 Å². The van der Waals surface area contributed by atoms with Crippen LogP contribution in [0.1, 0.15) is 15.9 Å². The van der Waals surface area contributed by atoms with Crippen molar-refractivity contribution < 1.29 is 9.18 Å². The number of piperazine rings is 1. The standard InChI is InChI=1S/C21H22FN3O/c22-17-7-5-16(6-8-17)9-10-24-11-13-25(14-12-24)21(26)19-15-23-20-4-2-1-3-18(19)20/h1-8,15,23H,9-14H2. The molecule has 134 valence electrons. The summed E-state index contributed by atoms with van der Waals surface area (Å²) in [5, 5.41) is 0.983. The van der Waals surface area contributed by atoms with Crippen molar-refractivity contribution in [2.45, 2.75) is 6.42 Å². The highest BCUT2D eigenvalue weighted by atomic mass is 19.1. The van der Waals surface area contributed by atoms with Gasteiger partial charge in [-0.1, -0.05) is 30.3 Å². The fourth-order valence-electron chi connectivity index (χ4n) is 3.53. The molecule has 0 radical (unpaired) electrons. The number of nitrogens with one attached hydrogen (secondary N) is 1. The summed E-state index contributed by atoms with van der Waals surface area (Å²) in [5.74, 6) is -0.0983. The van der Waals surface area contributed by atoms with E-state index >= 15 is 0 Å². The number of para-hydroxylation sites is 1.